The van der Waals surface area contributed by atoms with E-state index in [1.165, 1.54) is 17.8 Å². The van der Waals surface area contributed by atoms with E-state index in [2.05, 4.69) is 5.32 Å². The van der Waals surface area contributed by atoms with Gasteiger partial charge in [-0.2, -0.15) is 0 Å². The highest BCUT2D eigenvalue weighted by Gasteiger charge is 2.35. The largest absolute Gasteiger partial charge is 0.322 e. The zero-order chi connectivity index (χ0) is 15.6. The van der Waals surface area contributed by atoms with Crippen LogP contribution in [0.3, 0.4) is 0 Å². The van der Waals surface area contributed by atoms with Gasteiger partial charge in [-0.15, -0.1) is 11.8 Å². The molecule has 1 aliphatic heterocycles. The summed E-state index contributed by atoms with van der Waals surface area (Å²) >= 11 is 1.32. The second-order valence-electron chi connectivity index (χ2n) is 5.51. The number of benzene rings is 1. The molecule has 1 N–H and O–H groups in total. The molecule has 0 bridgehead atoms. The third-order valence-corrected chi connectivity index (χ3v) is 6.11. The predicted octanol–water partition coefficient (Wildman–Crippen LogP) is 2.92. The zero-order valence-corrected chi connectivity index (χ0v) is 13.9. The summed E-state index contributed by atoms with van der Waals surface area (Å²) in [6, 6.07) is 4.36. The number of nitrogens with zero attached hydrogens (tertiary/aromatic N) is 1. The summed E-state index contributed by atoms with van der Waals surface area (Å²) in [6.07, 6.45) is 1.80. The maximum atomic E-state index is 13.7. The van der Waals surface area contributed by atoms with Crippen molar-refractivity contribution in [1.29, 1.82) is 0 Å². The number of carbonyl (C=O) groups is 1. The summed E-state index contributed by atoms with van der Waals surface area (Å²) in [6.45, 7) is 4.65. The van der Waals surface area contributed by atoms with E-state index in [1.54, 1.807) is 23.3 Å². The van der Waals surface area contributed by atoms with Crippen molar-refractivity contribution in [2.45, 2.75) is 23.5 Å². The number of hydrogen-bond acceptors (Lipinski definition) is 3. The minimum Gasteiger partial charge on any atom is -0.322 e. The van der Waals surface area contributed by atoms with Crippen molar-refractivity contribution >= 4 is 34.3 Å². The van der Waals surface area contributed by atoms with Crippen LogP contribution in [0.15, 0.2) is 23.1 Å². The van der Waals surface area contributed by atoms with Crippen molar-refractivity contribution in [3.05, 3.63) is 24.0 Å². The van der Waals surface area contributed by atoms with E-state index in [0.717, 1.165) is 0 Å². The average Bonchev–Trinajstić information content (AvgIpc) is 2.42. The first-order chi connectivity index (χ1) is 9.83. The molecule has 1 aromatic carbocycles. The van der Waals surface area contributed by atoms with Crippen molar-refractivity contribution in [2.75, 3.05) is 30.4 Å². The lowest BCUT2D eigenvalue weighted by molar-refractivity contribution is 0.207. The van der Waals surface area contributed by atoms with E-state index >= 15 is 0 Å². The molecule has 0 unspecified atom stereocenters. The molecule has 0 saturated carbocycles. The molecule has 0 aromatic heterocycles. The number of thioether (sulfide) groups is 1. The number of urea groups is 1. The van der Waals surface area contributed by atoms with E-state index in [4.69, 9.17) is 0 Å². The Morgan fingerprint density at radius 2 is 2.19 bits per heavy atom. The van der Waals surface area contributed by atoms with Gasteiger partial charge < -0.3 is 10.2 Å². The normalized spacial score (nSPS) is 21.1. The molecule has 7 heteroatoms. The molecule has 1 saturated heterocycles. The Hall–Kier alpha value is -1.08. The van der Waals surface area contributed by atoms with Gasteiger partial charge in [0.15, 0.2) is 0 Å². The van der Waals surface area contributed by atoms with Gasteiger partial charge >= 0.3 is 6.03 Å². The van der Waals surface area contributed by atoms with Crippen LogP contribution < -0.4 is 5.32 Å². The van der Waals surface area contributed by atoms with Gasteiger partial charge in [-0.25, -0.2) is 9.18 Å². The van der Waals surface area contributed by atoms with Crippen LogP contribution in [0.5, 0.6) is 0 Å². The predicted molar refractivity (Wildman–Crippen MR) is 85.9 cm³/mol. The van der Waals surface area contributed by atoms with Crippen molar-refractivity contribution < 1.29 is 13.4 Å². The molecule has 21 heavy (non-hydrogen) atoms. The van der Waals surface area contributed by atoms with Gasteiger partial charge in [-0.05, 0) is 38.3 Å². The van der Waals surface area contributed by atoms with Crippen molar-refractivity contribution in [3.63, 3.8) is 0 Å². The maximum absolute atomic E-state index is 13.7. The standard InChI is InChI=1S/C14H19FN2O2S2/c1-14(2)9-17(6-7-21(14)19)13(18)16-10-4-5-12(20-3)11(15)8-10/h4-5,8H,6-7,9H2,1-3H3,(H,16,18)/t21-/m0/s1. The summed E-state index contributed by atoms with van der Waals surface area (Å²) in [5.41, 5.74) is 0.430. The molecule has 1 aromatic rings. The minimum absolute atomic E-state index is 0.281. The Morgan fingerprint density at radius 1 is 1.48 bits per heavy atom. The Morgan fingerprint density at radius 3 is 2.76 bits per heavy atom. The topological polar surface area (TPSA) is 49.4 Å². The second kappa shape index (κ2) is 6.36. The molecule has 1 heterocycles. The van der Waals surface area contributed by atoms with Crippen LogP contribution in [0, 0.1) is 5.82 Å². The Bertz CT molecular complexity index is 578. The molecule has 1 atom stereocenters. The zero-order valence-electron chi connectivity index (χ0n) is 12.3. The number of halogens is 1. The molecule has 1 fully saturated rings. The summed E-state index contributed by atoms with van der Waals surface area (Å²) < 4.78 is 25.1. The van der Waals surface area contributed by atoms with Crippen molar-refractivity contribution in [1.82, 2.24) is 4.90 Å². The molecule has 2 rings (SSSR count). The first-order valence-corrected chi connectivity index (χ1v) is 9.16. The Kier molecular flexibility index (Phi) is 4.93. The maximum Gasteiger partial charge on any atom is 0.321 e. The highest BCUT2D eigenvalue weighted by Crippen LogP contribution is 2.24. The minimum atomic E-state index is -0.927. The van der Waals surface area contributed by atoms with Gasteiger partial charge in [-0.1, -0.05) is 0 Å². The van der Waals surface area contributed by atoms with Crippen LogP contribution in [0.25, 0.3) is 0 Å². The van der Waals surface area contributed by atoms with E-state index in [1.807, 2.05) is 13.8 Å². The number of amides is 2. The number of carbonyl (C=O) groups excluding carboxylic acids is 1. The van der Waals surface area contributed by atoms with Crippen LogP contribution >= 0.6 is 11.8 Å². The van der Waals surface area contributed by atoms with E-state index in [9.17, 15) is 13.4 Å². The second-order valence-corrected chi connectivity index (χ2v) is 8.56. The van der Waals surface area contributed by atoms with Gasteiger partial charge in [0.05, 0.1) is 4.75 Å². The summed E-state index contributed by atoms with van der Waals surface area (Å²) in [5.74, 6) is 0.126. The molecule has 4 nitrogen and oxygen atoms in total. The third kappa shape index (κ3) is 3.77. The third-order valence-electron chi connectivity index (χ3n) is 3.42. The smallest absolute Gasteiger partial charge is 0.321 e. The molecular weight excluding hydrogens is 311 g/mol. The van der Waals surface area contributed by atoms with Gasteiger partial charge in [0.2, 0.25) is 0 Å². The van der Waals surface area contributed by atoms with Crippen LogP contribution in [0.2, 0.25) is 0 Å². The van der Waals surface area contributed by atoms with Gasteiger partial charge in [0.1, 0.15) is 5.82 Å². The lowest BCUT2D eigenvalue weighted by Crippen LogP contribution is -2.53. The van der Waals surface area contributed by atoms with Crippen LogP contribution in [-0.4, -0.2) is 45.0 Å². The number of anilines is 1. The van der Waals surface area contributed by atoms with E-state index < -0.39 is 15.5 Å². The lowest BCUT2D eigenvalue weighted by atomic mass is 10.2. The fourth-order valence-corrected chi connectivity index (χ4v) is 3.90. The van der Waals surface area contributed by atoms with Gasteiger partial charge in [0, 0.05) is 40.2 Å². The highest BCUT2D eigenvalue weighted by molar-refractivity contribution is 7.98. The monoisotopic (exact) mass is 330 g/mol. The molecule has 0 radical (unpaired) electrons. The average molecular weight is 330 g/mol. The number of hydrogen-bond donors (Lipinski definition) is 1. The van der Waals surface area contributed by atoms with Crippen molar-refractivity contribution in [3.8, 4) is 0 Å². The van der Waals surface area contributed by atoms with Gasteiger partial charge in [-0.3, -0.25) is 4.21 Å². The molecule has 1 aliphatic rings. The van der Waals surface area contributed by atoms with Crippen LogP contribution in [0.1, 0.15) is 13.8 Å². The Balaban J connectivity index is 2.05. The van der Waals surface area contributed by atoms with Crippen LogP contribution in [0.4, 0.5) is 14.9 Å². The first kappa shape index (κ1) is 16.3. The van der Waals surface area contributed by atoms with E-state index in [0.29, 0.717) is 29.4 Å². The Labute approximate surface area is 130 Å². The fraction of sp³-hybridized carbons (Fsp3) is 0.500. The highest BCUT2D eigenvalue weighted by atomic mass is 32.2. The number of rotatable bonds is 2. The summed E-state index contributed by atoms with van der Waals surface area (Å²) in [7, 11) is -0.927. The SMILES string of the molecule is CSc1ccc(NC(=O)N2CC[S@](=O)C(C)(C)C2)cc1F. The molecule has 0 aliphatic carbocycles. The molecular formula is C14H19FN2O2S2. The molecule has 0 spiro atoms. The quantitative estimate of drug-likeness (QED) is 0.848. The van der Waals surface area contributed by atoms with Crippen LogP contribution in [-0.2, 0) is 10.8 Å². The van der Waals surface area contributed by atoms with Gasteiger partial charge in [0.25, 0.3) is 0 Å². The van der Waals surface area contributed by atoms with Crippen molar-refractivity contribution in [2.24, 2.45) is 0 Å². The number of nitrogens with one attached hydrogen (secondary N) is 1. The molecule has 116 valence electrons. The van der Waals surface area contributed by atoms with E-state index in [-0.39, 0.29) is 11.8 Å². The fourth-order valence-electron chi connectivity index (χ4n) is 2.20. The lowest BCUT2D eigenvalue weighted by Gasteiger charge is -2.37. The first-order valence-electron chi connectivity index (χ1n) is 6.61. The summed E-state index contributed by atoms with van der Waals surface area (Å²) in [4.78, 5) is 14.4. The summed E-state index contributed by atoms with van der Waals surface area (Å²) in [5, 5.41) is 2.70. The molecule has 2 amide bonds.